The zero-order valence-corrected chi connectivity index (χ0v) is 10.4. The molecule has 1 rings (SSSR count). The molecule has 96 valence electrons. The predicted octanol–water partition coefficient (Wildman–Crippen LogP) is -0.0626. The van der Waals surface area contributed by atoms with Gasteiger partial charge in [0.1, 0.15) is 5.69 Å². The van der Waals surface area contributed by atoms with Crippen molar-refractivity contribution < 1.29 is 14.6 Å². The lowest BCUT2D eigenvalue weighted by molar-refractivity contribution is 0.0242. The molecule has 0 radical (unpaired) electrons. The molecule has 0 spiro atoms. The summed E-state index contributed by atoms with van der Waals surface area (Å²) in [4.78, 5) is 11.7. The molecule has 0 aliphatic rings. The third-order valence-electron chi connectivity index (χ3n) is 2.53. The van der Waals surface area contributed by atoms with E-state index in [1.807, 2.05) is 0 Å². The number of hydrogen-bond acceptors (Lipinski definition) is 4. The summed E-state index contributed by atoms with van der Waals surface area (Å²) in [6.45, 7) is 2.30. The molecule has 0 saturated heterocycles. The molecular weight excluding hydrogens is 222 g/mol. The summed E-state index contributed by atoms with van der Waals surface area (Å²) in [6.07, 6.45) is 2.02. The SMILES string of the molecule is COCCC(C)(O)CNC(=O)c1ccnn1C. The Morgan fingerprint density at radius 2 is 2.41 bits per heavy atom. The highest BCUT2D eigenvalue weighted by molar-refractivity contribution is 5.92. The number of carbonyl (C=O) groups excluding carboxylic acids is 1. The van der Waals surface area contributed by atoms with Gasteiger partial charge in [0.2, 0.25) is 0 Å². The summed E-state index contributed by atoms with van der Waals surface area (Å²) in [5, 5.41) is 16.5. The molecule has 1 unspecified atom stereocenters. The Morgan fingerprint density at radius 1 is 1.71 bits per heavy atom. The van der Waals surface area contributed by atoms with Crippen LogP contribution in [0.3, 0.4) is 0 Å². The van der Waals surface area contributed by atoms with E-state index in [4.69, 9.17) is 4.74 Å². The summed E-state index contributed by atoms with van der Waals surface area (Å²) < 4.78 is 6.37. The lowest BCUT2D eigenvalue weighted by Crippen LogP contribution is -2.41. The molecular formula is C11H19N3O3. The molecule has 2 N–H and O–H groups in total. The molecule has 0 aliphatic carbocycles. The lowest BCUT2D eigenvalue weighted by atomic mass is 10.0. The van der Waals surface area contributed by atoms with E-state index in [0.717, 1.165) is 0 Å². The van der Waals surface area contributed by atoms with Crippen molar-refractivity contribution >= 4 is 5.91 Å². The molecule has 6 heteroatoms. The van der Waals surface area contributed by atoms with Crippen molar-refractivity contribution in [1.29, 1.82) is 0 Å². The van der Waals surface area contributed by atoms with Gasteiger partial charge in [0.25, 0.3) is 5.91 Å². The second-order valence-corrected chi connectivity index (χ2v) is 4.26. The Hall–Kier alpha value is -1.40. The number of aryl methyl sites for hydroxylation is 1. The third-order valence-corrected chi connectivity index (χ3v) is 2.53. The van der Waals surface area contributed by atoms with Crippen molar-refractivity contribution in [2.45, 2.75) is 18.9 Å². The number of carbonyl (C=O) groups is 1. The van der Waals surface area contributed by atoms with Crippen LogP contribution < -0.4 is 5.32 Å². The second kappa shape index (κ2) is 5.79. The maximum absolute atomic E-state index is 11.7. The maximum atomic E-state index is 11.7. The van der Waals surface area contributed by atoms with E-state index >= 15 is 0 Å². The van der Waals surface area contributed by atoms with Gasteiger partial charge in [0.15, 0.2) is 0 Å². The Balaban J connectivity index is 2.45. The zero-order valence-electron chi connectivity index (χ0n) is 10.4. The molecule has 0 fully saturated rings. The fourth-order valence-corrected chi connectivity index (χ4v) is 1.37. The number of aliphatic hydroxyl groups is 1. The third kappa shape index (κ3) is 4.16. The summed E-state index contributed by atoms with van der Waals surface area (Å²) in [5.41, 5.74) is -0.503. The van der Waals surface area contributed by atoms with Crippen LogP contribution in [-0.4, -0.2) is 46.7 Å². The highest BCUT2D eigenvalue weighted by atomic mass is 16.5. The number of rotatable bonds is 6. The minimum absolute atomic E-state index is 0.181. The van der Waals surface area contributed by atoms with Gasteiger partial charge < -0.3 is 15.2 Å². The zero-order chi connectivity index (χ0) is 12.9. The number of amides is 1. The van der Waals surface area contributed by atoms with Crippen LogP contribution in [0, 0.1) is 0 Å². The van der Waals surface area contributed by atoms with Gasteiger partial charge >= 0.3 is 0 Å². The molecule has 1 aromatic heterocycles. The first-order valence-electron chi connectivity index (χ1n) is 5.44. The average Bonchev–Trinajstić information content (AvgIpc) is 2.70. The van der Waals surface area contributed by atoms with Gasteiger partial charge in [-0.25, -0.2) is 0 Å². The number of methoxy groups -OCH3 is 1. The molecule has 1 atom stereocenters. The van der Waals surface area contributed by atoms with Crippen LogP contribution in [0.25, 0.3) is 0 Å². The Labute approximate surface area is 101 Å². The van der Waals surface area contributed by atoms with E-state index in [9.17, 15) is 9.90 Å². The number of nitrogens with zero attached hydrogens (tertiary/aromatic N) is 2. The molecule has 0 bridgehead atoms. The molecule has 1 heterocycles. The molecule has 1 aromatic rings. The van der Waals surface area contributed by atoms with Crippen LogP contribution in [0.4, 0.5) is 0 Å². The van der Waals surface area contributed by atoms with Gasteiger partial charge in [-0.15, -0.1) is 0 Å². The summed E-state index contributed by atoms with van der Waals surface area (Å²) in [5.74, 6) is -0.248. The first kappa shape index (κ1) is 13.7. The smallest absolute Gasteiger partial charge is 0.269 e. The van der Waals surface area contributed by atoms with E-state index in [-0.39, 0.29) is 12.5 Å². The van der Waals surface area contributed by atoms with Crippen LogP contribution >= 0.6 is 0 Å². The predicted molar refractivity (Wildman–Crippen MR) is 62.7 cm³/mol. The van der Waals surface area contributed by atoms with Crippen molar-refractivity contribution in [2.24, 2.45) is 7.05 Å². The van der Waals surface area contributed by atoms with Crippen LogP contribution in [0.15, 0.2) is 12.3 Å². The van der Waals surface area contributed by atoms with Crippen LogP contribution in [0.1, 0.15) is 23.8 Å². The quantitative estimate of drug-likeness (QED) is 0.731. The lowest BCUT2D eigenvalue weighted by Gasteiger charge is -2.23. The second-order valence-electron chi connectivity index (χ2n) is 4.26. The molecule has 17 heavy (non-hydrogen) atoms. The number of aromatic nitrogens is 2. The standard InChI is InChI=1S/C11H19N3O3/c1-11(16,5-7-17-3)8-12-10(15)9-4-6-13-14(9)2/h4,6,16H,5,7-8H2,1-3H3,(H,12,15). The van der Waals surface area contributed by atoms with E-state index < -0.39 is 5.60 Å². The first-order valence-corrected chi connectivity index (χ1v) is 5.44. The topological polar surface area (TPSA) is 76.4 Å². The van der Waals surface area contributed by atoms with Gasteiger partial charge in [-0.2, -0.15) is 5.10 Å². The van der Waals surface area contributed by atoms with Crippen molar-refractivity contribution in [1.82, 2.24) is 15.1 Å². The van der Waals surface area contributed by atoms with Crippen LogP contribution in [-0.2, 0) is 11.8 Å². The van der Waals surface area contributed by atoms with Crippen molar-refractivity contribution in [3.63, 3.8) is 0 Å². The molecule has 0 saturated carbocycles. The minimum atomic E-state index is -0.968. The van der Waals surface area contributed by atoms with E-state index in [1.54, 1.807) is 33.3 Å². The minimum Gasteiger partial charge on any atom is -0.388 e. The van der Waals surface area contributed by atoms with Gasteiger partial charge in [-0.05, 0) is 13.0 Å². The summed E-state index contributed by atoms with van der Waals surface area (Å²) in [7, 11) is 3.27. The van der Waals surface area contributed by atoms with Crippen molar-refractivity contribution in [3.05, 3.63) is 18.0 Å². The molecule has 6 nitrogen and oxygen atoms in total. The fourth-order valence-electron chi connectivity index (χ4n) is 1.37. The van der Waals surface area contributed by atoms with Crippen molar-refractivity contribution in [2.75, 3.05) is 20.3 Å². The van der Waals surface area contributed by atoms with Gasteiger partial charge in [-0.3, -0.25) is 9.48 Å². The molecule has 1 amide bonds. The first-order chi connectivity index (χ1) is 7.96. The number of ether oxygens (including phenoxy) is 1. The Morgan fingerprint density at radius 3 is 2.94 bits per heavy atom. The number of hydrogen-bond donors (Lipinski definition) is 2. The Bertz CT molecular complexity index is 374. The average molecular weight is 241 g/mol. The van der Waals surface area contributed by atoms with Crippen LogP contribution in [0.5, 0.6) is 0 Å². The summed E-state index contributed by atoms with van der Waals surface area (Å²) in [6, 6.07) is 1.62. The Kier molecular flexibility index (Phi) is 4.65. The highest BCUT2D eigenvalue weighted by Gasteiger charge is 2.21. The highest BCUT2D eigenvalue weighted by Crippen LogP contribution is 2.08. The van der Waals surface area contributed by atoms with Crippen molar-refractivity contribution in [3.8, 4) is 0 Å². The fraction of sp³-hybridized carbons (Fsp3) is 0.636. The van der Waals surface area contributed by atoms with Crippen LogP contribution in [0.2, 0.25) is 0 Å². The number of nitrogens with one attached hydrogen (secondary N) is 1. The summed E-state index contributed by atoms with van der Waals surface area (Å²) >= 11 is 0. The van der Waals surface area contributed by atoms with Gasteiger partial charge in [0.05, 0.1) is 5.60 Å². The molecule has 0 aromatic carbocycles. The maximum Gasteiger partial charge on any atom is 0.269 e. The van der Waals surface area contributed by atoms with E-state index in [2.05, 4.69) is 10.4 Å². The molecule has 0 aliphatic heterocycles. The largest absolute Gasteiger partial charge is 0.388 e. The normalized spacial score (nSPS) is 14.4. The van der Waals surface area contributed by atoms with Gasteiger partial charge in [0, 0.05) is 39.9 Å². The van der Waals surface area contributed by atoms with E-state index in [1.165, 1.54) is 4.68 Å². The monoisotopic (exact) mass is 241 g/mol. The van der Waals surface area contributed by atoms with Gasteiger partial charge in [-0.1, -0.05) is 0 Å². The van der Waals surface area contributed by atoms with E-state index in [0.29, 0.717) is 18.7 Å².